The minimum absolute atomic E-state index is 0.136. The van der Waals surface area contributed by atoms with Gasteiger partial charge in [-0.25, -0.2) is 9.59 Å². The number of aryl methyl sites for hydroxylation is 1. The summed E-state index contributed by atoms with van der Waals surface area (Å²) in [6.07, 6.45) is -0.686. The monoisotopic (exact) mass is 532 g/mol. The van der Waals surface area contributed by atoms with E-state index in [0.29, 0.717) is 11.3 Å². The number of carbonyl (C=O) groups excluding carboxylic acids is 4. The van der Waals surface area contributed by atoms with Crippen LogP contribution in [0.3, 0.4) is 0 Å². The molecule has 0 saturated heterocycles. The molecule has 1 atom stereocenters. The second-order valence-corrected chi connectivity index (χ2v) is 9.40. The zero-order valence-corrected chi connectivity index (χ0v) is 21.6. The molecule has 4 amide bonds. The van der Waals surface area contributed by atoms with Crippen molar-refractivity contribution >= 4 is 47.1 Å². The van der Waals surface area contributed by atoms with E-state index >= 15 is 0 Å². The van der Waals surface area contributed by atoms with Gasteiger partial charge in [0, 0.05) is 17.8 Å². The molecule has 0 aromatic heterocycles. The Hall–Kier alpha value is -4.12. The SMILES string of the molecule is Cc1cccc(Cl)c1C(=O)N[C@@H](CNC(=O)CNC(=O)c1cccc(NC(=O)OC(C)(C)C)c1)C(=O)O. The molecule has 0 spiro atoms. The first-order valence-electron chi connectivity index (χ1n) is 11.2. The van der Waals surface area contributed by atoms with E-state index in [4.69, 9.17) is 16.3 Å². The molecule has 198 valence electrons. The van der Waals surface area contributed by atoms with Crippen molar-refractivity contribution < 1.29 is 33.8 Å². The minimum Gasteiger partial charge on any atom is -0.480 e. The Morgan fingerprint density at radius 1 is 1.00 bits per heavy atom. The molecular weight excluding hydrogens is 504 g/mol. The lowest BCUT2D eigenvalue weighted by atomic mass is 10.1. The number of rotatable bonds is 9. The quantitative estimate of drug-likeness (QED) is 0.331. The van der Waals surface area contributed by atoms with E-state index in [1.165, 1.54) is 18.2 Å². The van der Waals surface area contributed by atoms with Crippen LogP contribution < -0.4 is 21.3 Å². The number of aliphatic carboxylic acids is 1. The van der Waals surface area contributed by atoms with Gasteiger partial charge in [0.1, 0.15) is 11.6 Å². The number of benzene rings is 2. The number of nitrogens with one attached hydrogen (secondary N) is 4. The van der Waals surface area contributed by atoms with Crippen LogP contribution in [0.4, 0.5) is 10.5 Å². The fourth-order valence-corrected chi connectivity index (χ4v) is 3.36. The average Bonchev–Trinajstić information content (AvgIpc) is 2.78. The number of hydrogen-bond donors (Lipinski definition) is 5. The summed E-state index contributed by atoms with van der Waals surface area (Å²) in [5.74, 6) is -3.33. The van der Waals surface area contributed by atoms with Gasteiger partial charge in [0.2, 0.25) is 5.91 Å². The van der Waals surface area contributed by atoms with Gasteiger partial charge in [0.25, 0.3) is 11.8 Å². The van der Waals surface area contributed by atoms with Crippen LogP contribution in [0.15, 0.2) is 42.5 Å². The molecule has 0 aliphatic carbocycles. The highest BCUT2D eigenvalue weighted by molar-refractivity contribution is 6.34. The van der Waals surface area contributed by atoms with E-state index in [0.717, 1.165) is 0 Å². The standard InChI is InChI=1S/C25H29ClN4O7/c1-14-7-5-10-17(26)20(14)22(33)30-18(23(34)35)12-27-19(31)13-28-21(32)15-8-6-9-16(11-15)29-24(36)37-25(2,3)4/h5-11,18H,12-13H2,1-4H3,(H,27,31)(H,28,32)(H,29,36)(H,30,33)(H,34,35)/t18-/m0/s1. The Balaban J connectivity index is 1.89. The van der Waals surface area contributed by atoms with Crippen LogP contribution in [0.25, 0.3) is 0 Å². The van der Waals surface area contributed by atoms with Crippen LogP contribution in [0.2, 0.25) is 5.02 Å². The molecule has 2 aromatic carbocycles. The molecule has 0 saturated carbocycles. The van der Waals surface area contributed by atoms with Crippen molar-refractivity contribution in [3.8, 4) is 0 Å². The van der Waals surface area contributed by atoms with Crippen molar-refractivity contribution in [3.05, 3.63) is 64.2 Å². The number of anilines is 1. The van der Waals surface area contributed by atoms with Gasteiger partial charge < -0.3 is 25.8 Å². The Kier molecular flexibility index (Phi) is 10.0. The maximum Gasteiger partial charge on any atom is 0.412 e. The third-order valence-corrected chi connectivity index (χ3v) is 5.05. The molecule has 12 heteroatoms. The second kappa shape index (κ2) is 12.7. The number of ether oxygens (including phenoxy) is 1. The summed E-state index contributed by atoms with van der Waals surface area (Å²) in [5, 5.41) is 19.2. The van der Waals surface area contributed by atoms with Crippen molar-refractivity contribution in [2.24, 2.45) is 0 Å². The number of amides is 4. The van der Waals surface area contributed by atoms with Crippen LogP contribution in [-0.4, -0.2) is 59.6 Å². The van der Waals surface area contributed by atoms with Crippen LogP contribution in [0, 0.1) is 6.92 Å². The number of carboxylic acid groups (broad SMARTS) is 1. The summed E-state index contributed by atoms with van der Waals surface area (Å²) >= 11 is 6.05. The van der Waals surface area contributed by atoms with Gasteiger partial charge in [-0.3, -0.25) is 19.7 Å². The van der Waals surface area contributed by atoms with Crippen molar-refractivity contribution in [1.29, 1.82) is 0 Å². The summed E-state index contributed by atoms with van der Waals surface area (Å²) < 4.78 is 5.17. The van der Waals surface area contributed by atoms with E-state index in [1.54, 1.807) is 52.0 Å². The maximum atomic E-state index is 12.5. The van der Waals surface area contributed by atoms with Gasteiger partial charge in [-0.1, -0.05) is 29.8 Å². The summed E-state index contributed by atoms with van der Waals surface area (Å²) in [7, 11) is 0. The van der Waals surface area contributed by atoms with Crippen LogP contribution in [0.5, 0.6) is 0 Å². The molecule has 37 heavy (non-hydrogen) atoms. The fourth-order valence-electron chi connectivity index (χ4n) is 3.05. The second-order valence-electron chi connectivity index (χ2n) is 8.99. The molecular formula is C25H29ClN4O7. The Morgan fingerprint density at radius 2 is 1.68 bits per heavy atom. The van der Waals surface area contributed by atoms with Gasteiger partial charge in [-0.05, 0) is 57.5 Å². The number of hydrogen-bond acceptors (Lipinski definition) is 6. The topological polar surface area (TPSA) is 163 Å². The molecule has 0 aliphatic heterocycles. The van der Waals surface area contributed by atoms with E-state index < -0.39 is 54.5 Å². The van der Waals surface area contributed by atoms with Crippen LogP contribution in [-0.2, 0) is 14.3 Å². The summed E-state index contributed by atoms with van der Waals surface area (Å²) in [4.78, 5) is 60.6. The minimum atomic E-state index is -1.43. The first kappa shape index (κ1) is 29.1. The smallest absolute Gasteiger partial charge is 0.412 e. The lowest BCUT2D eigenvalue weighted by Crippen LogP contribution is -2.50. The molecule has 0 aliphatic rings. The fraction of sp³-hybridized carbons (Fsp3) is 0.320. The highest BCUT2D eigenvalue weighted by Crippen LogP contribution is 2.19. The third kappa shape index (κ3) is 9.45. The third-order valence-electron chi connectivity index (χ3n) is 4.74. The lowest BCUT2D eigenvalue weighted by Gasteiger charge is -2.19. The summed E-state index contributed by atoms with van der Waals surface area (Å²) in [6, 6.07) is 9.39. The Morgan fingerprint density at radius 3 is 2.30 bits per heavy atom. The van der Waals surface area contributed by atoms with Gasteiger partial charge in [-0.15, -0.1) is 0 Å². The summed E-state index contributed by atoms with van der Waals surface area (Å²) in [5.41, 5.74) is 0.499. The van der Waals surface area contributed by atoms with Crippen LogP contribution in [0.1, 0.15) is 47.1 Å². The molecule has 2 rings (SSSR count). The predicted octanol–water partition coefficient (Wildman–Crippen LogP) is 2.72. The number of carbonyl (C=O) groups is 5. The van der Waals surface area contributed by atoms with Crippen molar-refractivity contribution in [2.75, 3.05) is 18.4 Å². The van der Waals surface area contributed by atoms with Crippen molar-refractivity contribution in [2.45, 2.75) is 39.3 Å². The normalized spacial score (nSPS) is 11.6. The number of halogens is 1. The summed E-state index contributed by atoms with van der Waals surface area (Å²) in [6.45, 7) is 5.93. The molecule has 5 N–H and O–H groups in total. The van der Waals surface area contributed by atoms with E-state index in [2.05, 4.69) is 21.3 Å². The molecule has 11 nitrogen and oxygen atoms in total. The zero-order chi connectivity index (χ0) is 27.8. The Bertz CT molecular complexity index is 1170. The molecule has 0 heterocycles. The molecule has 0 radical (unpaired) electrons. The van der Waals surface area contributed by atoms with E-state index in [9.17, 15) is 29.1 Å². The highest BCUT2D eigenvalue weighted by atomic mass is 35.5. The highest BCUT2D eigenvalue weighted by Gasteiger charge is 2.23. The van der Waals surface area contributed by atoms with Gasteiger partial charge >= 0.3 is 12.1 Å². The molecule has 0 fully saturated rings. The van der Waals surface area contributed by atoms with E-state index in [-0.39, 0.29) is 16.1 Å². The average molecular weight is 533 g/mol. The zero-order valence-electron chi connectivity index (χ0n) is 20.8. The van der Waals surface area contributed by atoms with Gasteiger partial charge in [-0.2, -0.15) is 0 Å². The van der Waals surface area contributed by atoms with Crippen molar-refractivity contribution in [3.63, 3.8) is 0 Å². The first-order chi connectivity index (χ1) is 17.3. The first-order valence-corrected chi connectivity index (χ1v) is 11.6. The van der Waals surface area contributed by atoms with Crippen molar-refractivity contribution in [1.82, 2.24) is 16.0 Å². The largest absolute Gasteiger partial charge is 0.480 e. The van der Waals surface area contributed by atoms with Crippen LogP contribution >= 0.6 is 11.6 Å². The Labute approximate surface area is 218 Å². The predicted molar refractivity (Wildman–Crippen MR) is 137 cm³/mol. The molecule has 0 bridgehead atoms. The van der Waals surface area contributed by atoms with Gasteiger partial charge in [0.15, 0.2) is 0 Å². The lowest BCUT2D eigenvalue weighted by molar-refractivity contribution is -0.139. The van der Waals surface area contributed by atoms with E-state index in [1.807, 2.05) is 0 Å². The molecule has 2 aromatic rings. The maximum absolute atomic E-state index is 12.5. The molecule has 0 unspecified atom stereocenters. The number of carboxylic acids is 1. The van der Waals surface area contributed by atoms with Gasteiger partial charge in [0.05, 0.1) is 17.1 Å².